The smallest absolute Gasteiger partial charge is 0.256 e. The first kappa shape index (κ1) is 28.6. The average molecular weight is 547 g/mol. The number of rotatable bonds is 11. The molecule has 1 amide bonds. The van der Waals surface area contributed by atoms with Crippen molar-refractivity contribution in [2.75, 3.05) is 48.1 Å². The highest BCUT2D eigenvalue weighted by molar-refractivity contribution is 5.99. The van der Waals surface area contributed by atoms with Crippen molar-refractivity contribution >= 4 is 40.6 Å². The van der Waals surface area contributed by atoms with E-state index in [0.717, 1.165) is 25.9 Å². The summed E-state index contributed by atoms with van der Waals surface area (Å²) in [5, 5.41) is 10.7. The first-order valence-corrected chi connectivity index (χ1v) is 13.3. The zero-order chi connectivity index (χ0) is 28.6. The van der Waals surface area contributed by atoms with Crippen LogP contribution in [0.25, 0.3) is 0 Å². The van der Waals surface area contributed by atoms with Crippen molar-refractivity contribution < 1.29 is 9.53 Å². The summed E-state index contributed by atoms with van der Waals surface area (Å²) in [5.41, 5.74) is 8.38. The summed E-state index contributed by atoms with van der Waals surface area (Å²) in [6, 6.07) is 11.0. The molecule has 4 rings (SSSR count). The molecular weight excluding hydrogens is 508 g/mol. The highest BCUT2D eigenvalue weighted by Crippen LogP contribution is 2.28. The molecule has 1 aliphatic heterocycles. The number of pyridine rings is 1. The van der Waals surface area contributed by atoms with Crippen molar-refractivity contribution in [3.63, 3.8) is 0 Å². The topological polar surface area (TPSA) is 160 Å². The van der Waals surface area contributed by atoms with Crippen LogP contribution in [0.2, 0.25) is 0 Å². The van der Waals surface area contributed by atoms with E-state index in [1.54, 1.807) is 23.2 Å². The van der Waals surface area contributed by atoms with Gasteiger partial charge in [-0.05, 0) is 58.0 Å². The molecule has 212 valence electrons. The van der Waals surface area contributed by atoms with Crippen molar-refractivity contribution in [3.8, 4) is 5.88 Å². The van der Waals surface area contributed by atoms with Crippen molar-refractivity contribution in [1.29, 1.82) is 0 Å². The van der Waals surface area contributed by atoms with E-state index in [4.69, 9.17) is 16.3 Å². The molecular formula is C28H38N10O2. The van der Waals surface area contributed by atoms with Crippen LogP contribution in [0.1, 0.15) is 37.0 Å². The molecule has 12 nitrogen and oxygen atoms in total. The number of ether oxygens (including phenoxy) is 1. The number of hydrogen-bond acceptors (Lipinski definition) is 11. The number of nitrogens with one attached hydrogen (secondary N) is 3. The predicted octanol–water partition coefficient (Wildman–Crippen LogP) is 3.42. The molecule has 0 aliphatic carbocycles. The van der Waals surface area contributed by atoms with Crippen molar-refractivity contribution in [1.82, 2.24) is 25.2 Å². The van der Waals surface area contributed by atoms with Gasteiger partial charge in [-0.1, -0.05) is 12.1 Å². The van der Waals surface area contributed by atoms with Crippen LogP contribution < -0.4 is 37.3 Å². The SMILES string of the molecule is C=CCNC(=O)c1cnc(Nc2ccc(N(N)C(C)C)c(N)c2)nc1Nc1cccc(OC2CCN(C)CC2)n1. The Balaban J connectivity index is 1.56. The summed E-state index contributed by atoms with van der Waals surface area (Å²) in [6.07, 6.45) is 5.04. The fourth-order valence-electron chi connectivity index (χ4n) is 4.18. The zero-order valence-electron chi connectivity index (χ0n) is 23.2. The second kappa shape index (κ2) is 13.1. The molecule has 40 heavy (non-hydrogen) atoms. The van der Waals surface area contributed by atoms with Crippen molar-refractivity contribution in [3.05, 3.63) is 60.8 Å². The molecule has 12 heteroatoms. The monoisotopic (exact) mass is 546 g/mol. The summed E-state index contributed by atoms with van der Waals surface area (Å²) < 4.78 is 6.13. The number of carbonyl (C=O) groups excluding carboxylic acids is 1. The van der Waals surface area contributed by atoms with Crippen LogP contribution in [0.15, 0.2) is 55.3 Å². The third kappa shape index (κ3) is 7.36. The summed E-state index contributed by atoms with van der Waals surface area (Å²) in [4.78, 5) is 28.7. The van der Waals surface area contributed by atoms with Gasteiger partial charge in [0.25, 0.3) is 5.91 Å². The Morgan fingerprint density at radius 1 is 1.23 bits per heavy atom. The minimum atomic E-state index is -0.349. The molecule has 0 saturated carbocycles. The number of nitrogens with zero attached hydrogens (tertiary/aromatic N) is 5. The third-order valence-electron chi connectivity index (χ3n) is 6.48. The highest BCUT2D eigenvalue weighted by Gasteiger charge is 2.20. The van der Waals surface area contributed by atoms with Crippen LogP contribution >= 0.6 is 0 Å². The Hall–Kier alpha value is -4.42. The Bertz CT molecular complexity index is 1320. The normalized spacial score (nSPS) is 14.0. The van der Waals surface area contributed by atoms with Gasteiger partial charge in [0.2, 0.25) is 11.8 Å². The number of nitrogen functional groups attached to an aromatic ring is 1. The first-order chi connectivity index (χ1) is 19.2. The number of amides is 1. The Kier molecular flexibility index (Phi) is 9.35. The number of hydrogen-bond donors (Lipinski definition) is 5. The van der Waals surface area contributed by atoms with Gasteiger partial charge in [0.05, 0.1) is 11.4 Å². The van der Waals surface area contributed by atoms with E-state index >= 15 is 0 Å². The lowest BCUT2D eigenvalue weighted by Gasteiger charge is -2.29. The summed E-state index contributed by atoms with van der Waals surface area (Å²) in [5.74, 6) is 7.31. The molecule has 1 aromatic carbocycles. The van der Waals surface area contributed by atoms with Gasteiger partial charge in [-0.3, -0.25) is 4.79 Å². The number of benzene rings is 1. The molecule has 2 aromatic heterocycles. The molecule has 0 spiro atoms. The molecule has 1 fully saturated rings. The quantitative estimate of drug-likeness (QED) is 0.104. The van der Waals surface area contributed by atoms with Gasteiger partial charge in [-0.15, -0.1) is 6.58 Å². The summed E-state index contributed by atoms with van der Waals surface area (Å²) in [7, 11) is 2.11. The maximum absolute atomic E-state index is 12.9. The van der Waals surface area contributed by atoms with Crippen molar-refractivity contribution in [2.24, 2.45) is 5.84 Å². The standard InChI is InChI=1S/C28H38N10O2/c1-5-13-31-27(39)21-17-32-28(33-19-9-10-23(22(29)16-19)38(30)18(2)3)36-26(21)35-24-7-6-8-25(34-24)40-20-11-14-37(4)15-12-20/h5-10,16-18,20H,1,11-15,29-30H2,2-4H3,(H,31,39)(H2,32,33,34,35,36). The number of aromatic nitrogens is 3. The van der Waals surface area contributed by atoms with Crippen LogP contribution in [-0.2, 0) is 0 Å². The first-order valence-electron chi connectivity index (χ1n) is 13.3. The average Bonchev–Trinajstić information content (AvgIpc) is 2.93. The number of likely N-dealkylation sites (tertiary alicyclic amines) is 1. The minimum absolute atomic E-state index is 0.0831. The van der Waals surface area contributed by atoms with E-state index in [9.17, 15) is 4.79 Å². The number of anilines is 6. The molecule has 7 N–H and O–H groups in total. The van der Waals surface area contributed by atoms with E-state index in [-0.39, 0.29) is 35.4 Å². The van der Waals surface area contributed by atoms with Crippen LogP contribution in [-0.4, -0.2) is 64.6 Å². The van der Waals surface area contributed by atoms with Crippen LogP contribution in [0.4, 0.5) is 34.6 Å². The van der Waals surface area contributed by atoms with Gasteiger partial charge in [0, 0.05) is 43.6 Å². The van der Waals surface area contributed by atoms with Crippen molar-refractivity contribution in [2.45, 2.75) is 38.8 Å². The number of piperidine rings is 1. The molecule has 3 aromatic rings. The van der Waals surface area contributed by atoms with Gasteiger partial charge in [-0.2, -0.15) is 9.97 Å². The Labute approximate surface area is 234 Å². The largest absolute Gasteiger partial charge is 0.474 e. The maximum Gasteiger partial charge on any atom is 0.256 e. The van der Waals surface area contributed by atoms with Gasteiger partial charge in [-0.25, -0.2) is 10.8 Å². The van der Waals surface area contributed by atoms with Gasteiger partial charge in [0.1, 0.15) is 23.3 Å². The summed E-state index contributed by atoms with van der Waals surface area (Å²) in [6.45, 7) is 9.88. The van der Waals surface area contributed by atoms with Crippen LogP contribution in [0.5, 0.6) is 5.88 Å². The van der Waals surface area contributed by atoms with E-state index in [1.165, 1.54) is 6.20 Å². The molecule has 0 unspecified atom stereocenters. The second-order valence-corrected chi connectivity index (χ2v) is 9.96. The Morgan fingerprint density at radius 3 is 2.70 bits per heavy atom. The second-order valence-electron chi connectivity index (χ2n) is 9.96. The third-order valence-corrected chi connectivity index (χ3v) is 6.48. The fourth-order valence-corrected chi connectivity index (χ4v) is 4.18. The van der Waals surface area contributed by atoms with Crippen LogP contribution in [0.3, 0.4) is 0 Å². The van der Waals surface area contributed by atoms with E-state index in [2.05, 4.69) is 49.4 Å². The molecule has 1 saturated heterocycles. The Morgan fingerprint density at radius 2 is 2.00 bits per heavy atom. The predicted molar refractivity (Wildman–Crippen MR) is 159 cm³/mol. The lowest BCUT2D eigenvalue weighted by atomic mass is 10.1. The van der Waals surface area contributed by atoms with Crippen LogP contribution in [0, 0.1) is 0 Å². The van der Waals surface area contributed by atoms with Gasteiger partial charge >= 0.3 is 0 Å². The summed E-state index contributed by atoms with van der Waals surface area (Å²) >= 11 is 0. The maximum atomic E-state index is 12.9. The lowest BCUT2D eigenvalue weighted by molar-refractivity contribution is 0.0958. The van der Waals surface area contributed by atoms with E-state index in [0.29, 0.717) is 35.3 Å². The number of hydrazine groups is 1. The molecule has 0 radical (unpaired) electrons. The van der Waals surface area contributed by atoms with E-state index in [1.807, 2.05) is 38.1 Å². The van der Waals surface area contributed by atoms with E-state index < -0.39 is 0 Å². The fraction of sp³-hybridized carbons (Fsp3) is 0.357. The number of nitrogens with two attached hydrogens (primary N) is 2. The zero-order valence-corrected chi connectivity index (χ0v) is 23.2. The highest BCUT2D eigenvalue weighted by atomic mass is 16.5. The molecule has 1 aliphatic rings. The van der Waals surface area contributed by atoms with Gasteiger partial charge < -0.3 is 36.3 Å². The molecule has 3 heterocycles. The lowest BCUT2D eigenvalue weighted by Crippen LogP contribution is -2.37. The van der Waals surface area contributed by atoms with Gasteiger partial charge in [0.15, 0.2) is 0 Å². The molecule has 0 bridgehead atoms. The molecule has 0 atom stereocenters. The minimum Gasteiger partial charge on any atom is -0.474 e. The number of carbonyl (C=O) groups is 1.